The van der Waals surface area contributed by atoms with Gasteiger partial charge >= 0.3 is 0 Å². The quantitative estimate of drug-likeness (QED) is 0.832. The van der Waals surface area contributed by atoms with Crippen LogP contribution in [0.4, 0.5) is 0 Å². The fraction of sp³-hybridized carbons (Fsp3) is 0.667. The summed E-state index contributed by atoms with van der Waals surface area (Å²) in [5, 5.41) is 3.59. The SMILES string of the molecule is CC(C)Oc1ccccc1CNCC(C)N1CCCCC1. The topological polar surface area (TPSA) is 24.5 Å². The zero-order valence-corrected chi connectivity index (χ0v) is 13.8. The van der Waals surface area contributed by atoms with Crippen LogP contribution >= 0.6 is 0 Å². The van der Waals surface area contributed by atoms with Crippen molar-refractivity contribution in [1.82, 2.24) is 10.2 Å². The maximum atomic E-state index is 5.87. The minimum Gasteiger partial charge on any atom is -0.491 e. The summed E-state index contributed by atoms with van der Waals surface area (Å²) in [5.41, 5.74) is 1.25. The average Bonchev–Trinajstić information content (AvgIpc) is 2.49. The fourth-order valence-electron chi connectivity index (χ4n) is 2.92. The van der Waals surface area contributed by atoms with Gasteiger partial charge in [0.1, 0.15) is 5.75 Å². The molecule has 2 rings (SSSR count). The van der Waals surface area contributed by atoms with Crippen molar-refractivity contribution in [2.75, 3.05) is 19.6 Å². The highest BCUT2D eigenvalue weighted by molar-refractivity contribution is 5.33. The van der Waals surface area contributed by atoms with Crippen molar-refractivity contribution in [3.63, 3.8) is 0 Å². The van der Waals surface area contributed by atoms with Crippen LogP contribution in [0.25, 0.3) is 0 Å². The van der Waals surface area contributed by atoms with Gasteiger partial charge in [-0.15, -0.1) is 0 Å². The van der Waals surface area contributed by atoms with Crippen molar-refractivity contribution >= 4 is 0 Å². The molecule has 1 unspecified atom stereocenters. The number of hydrogen-bond donors (Lipinski definition) is 1. The first-order valence-corrected chi connectivity index (χ1v) is 8.36. The Morgan fingerprint density at radius 3 is 2.52 bits per heavy atom. The molecule has 1 heterocycles. The lowest BCUT2D eigenvalue weighted by atomic mass is 10.1. The summed E-state index contributed by atoms with van der Waals surface area (Å²) in [5.74, 6) is 1.01. The van der Waals surface area contributed by atoms with E-state index in [0.717, 1.165) is 18.8 Å². The third-order valence-electron chi connectivity index (χ3n) is 4.10. The molecule has 21 heavy (non-hydrogen) atoms. The Morgan fingerprint density at radius 2 is 1.81 bits per heavy atom. The molecule has 0 spiro atoms. The Balaban J connectivity index is 1.80. The molecule has 0 aromatic heterocycles. The molecule has 1 atom stereocenters. The van der Waals surface area contributed by atoms with Crippen LogP contribution in [-0.4, -0.2) is 36.7 Å². The van der Waals surface area contributed by atoms with Gasteiger partial charge in [-0.1, -0.05) is 24.6 Å². The number of piperidine rings is 1. The molecule has 1 saturated heterocycles. The molecule has 0 radical (unpaired) electrons. The standard InChI is InChI=1S/C18H30N2O/c1-15(2)21-18-10-6-5-9-17(18)14-19-13-16(3)20-11-7-4-8-12-20/h5-6,9-10,15-16,19H,4,7-8,11-14H2,1-3H3. The van der Waals surface area contributed by atoms with Crippen molar-refractivity contribution in [1.29, 1.82) is 0 Å². The second-order valence-electron chi connectivity index (χ2n) is 6.35. The summed E-state index contributed by atoms with van der Waals surface area (Å²) in [6.45, 7) is 10.9. The zero-order chi connectivity index (χ0) is 15.1. The van der Waals surface area contributed by atoms with E-state index in [1.165, 1.54) is 37.9 Å². The van der Waals surface area contributed by atoms with E-state index < -0.39 is 0 Å². The maximum absolute atomic E-state index is 5.87. The summed E-state index contributed by atoms with van der Waals surface area (Å²) in [4.78, 5) is 2.60. The second-order valence-corrected chi connectivity index (χ2v) is 6.35. The van der Waals surface area contributed by atoms with Gasteiger partial charge in [-0.05, 0) is 52.8 Å². The monoisotopic (exact) mass is 290 g/mol. The number of nitrogens with one attached hydrogen (secondary N) is 1. The first-order chi connectivity index (χ1) is 10.2. The van der Waals surface area contributed by atoms with E-state index in [2.05, 4.69) is 49.2 Å². The number of para-hydroxylation sites is 1. The molecule has 1 aliphatic heterocycles. The number of benzene rings is 1. The van der Waals surface area contributed by atoms with Gasteiger partial charge in [-0.3, -0.25) is 4.90 Å². The van der Waals surface area contributed by atoms with Gasteiger partial charge in [-0.2, -0.15) is 0 Å². The van der Waals surface area contributed by atoms with E-state index in [1.807, 2.05) is 6.07 Å². The molecule has 0 aliphatic carbocycles. The Hall–Kier alpha value is -1.06. The van der Waals surface area contributed by atoms with E-state index in [9.17, 15) is 0 Å². The van der Waals surface area contributed by atoms with Crippen LogP contribution in [0.5, 0.6) is 5.75 Å². The summed E-state index contributed by atoms with van der Waals surface area (Å²) in [7, 11) is 0. The molecule has 1 aromatic rings. The van der Waals surface area contributed by atoms with Gasteiger partial charge < -0.3 is 10.1 Å². The van der Waals surface area contributed by atoms with Crippen LogP contribution in [0.15, 0.2) is 24.3 Å². The van der Waals surface area contributed by atoms with Gasteiger partial charge in [0, 0.05) is 24.7 Å². The van der Waals surface area contributed by atoms with Crippen molar-refractivity contribution in [2.24, 2.45) is 0 Å². The lowest BCUT2D eigenvalue weighted by Gasteiger charge is -2.32. The third-order valence-corrected chi connectivity index (χ3v) is 4.10. The summed E-state index contributed by atoms with van der Waals surface area (Å²) >= 11 is 0. The van der Waals surface area contributed by atoms with E-state index in [4.69, 9.17) is 4.74 Å². The molecular weight excluding hydrogens is 260 g/mol. The van der Waals surface area contributed by atoms with Crippen LogP contribution in [0.2, 0.25) is 0 Å². The molecule has 3 heteroatoms. The molecule has 0 bridgehead atoms. The smallest absolute Gasteiger partial charge is 0.124 e. The van der Waals surface area contributed by atoms with Gasteiger partial charge in [0.25, 0.3) is 0 Å². The first-order valence-electron chi connectivity index (χ1n) is 8.36. The van der Waals surface area contributed by atoms with E-state index >= 15 is 0 Å². The summed E-state index contributed by atoms with van der Waals surface area (Å²) in [6.07, 6.45) is 4.33. The van der Waals surface area contributed by atoms with E-state index in [-0.39, 0.29) is 6.10 Å². The number of rotatable bonds is 7. The van der Waals surface area contributed by atoms with Crippen molar-refractivity contribution < 1.29 is 4.74 Å². The van der Waals surface area contributed by atoms with Crippen molar-refractivity contribution in [3.05, 3.63) is 29.8 Å². The highest BCUT2D eigenvalue weighted by atomic mass is 16.5. The van der Waals surface area contributed by atoms with Crippen LogP contribution in [0.1, 0.15) is 45.6 Å². The molecule has 1 N–H and O–H groups in total. The molecule has 1 fully saturated rings. The van der Waals surface area contributed by atoms with Crippen LogP contribution in [0.3, 0.4) is 0 Å². The van der Waals surface area contributed by atoms with Crippen LogP contribution in [0, 0.1) is 0 Å². The first kappa shape index (κ1) is 16.3. The minimum atomic E-state index is 0.221. The summed E-state index contributed by atoms with van der Waals surface area (Å²) < 4.78 is 5.87. The van der Waals surface area contributed by atoms with Gasteiger partial charge in [0.15, 0.2) is 0 Å². The molecule has 1 aliphatic rings. The highest BCUT2D eigenvalue weighted by Crippen LogP contribution is 2.19. The average molecular weight is 290 g/mol. The number of nitrogens with zero attached hydrogens (tertiary/aromatic N) is 1. The normalized spacial score (nSPS) is 17.9. The predicted molar refractivity (Wildman–Crippen MR) is 88.8 cm³/mol. The van der Waals surface area contributed by atoms with E-state index in [0.29, 0.717) is 6.04 Å². The van der Waals surface area contributed by atoms with Gasteiger partial charge in [0.05, 0.1) is 6.10 Å². The van der Waals surface area contributed by atoms with E-state index in [1.54, 1.807) is 0 Å². The number of likely N-dealkylation sites (tertiary alicyclic amines) is 1. The third kappa shape index (κ3) is 5.33. The van der Waals surface area contributed by atoms with Crippen LogP contribution in [-0.2, 0) is 6.54 Å². The molecular formula is C18H30N2O. The summed E-state index contributed by atoms with van der Waals surface area (Å²) in [6, 6.07) is 8.94. The lowest BCUT2D eigenvalue weighted by molar-refractivity contribution is 0.170. The highest BCUT2D eigenvalue weighted by Gasteiger charge is 2.16. The zero-order valence-electron chi connectivity index (χ0n) is 13.8. The van der Waals surface area contributed by atoms with Gasteiger partial charge in [0.2, 0.25) is 0 Å². The fourth-order valence-corrected chi connectivity index (χ4v) is 2.92. The number of ether oxygens (including phenoxy) is 1. The van der Waals surface area contributed by atoms with Crippen molar-refractivity contribution in [2.45, 2.75) is 58.7 Å². The molecule has 3 nitrogen and oxygen atoms in total. The Kier molecular flexibility index (Phi) is 6.52. The molecule has 1 aromatic carbocycles. The molecule has 0 amide bonds. The predicted octanol–water partition coefficient (Wildman–Crippen LogP) is 3.44. The minimum absolute atomic E-state index is 0.221. The molecule has 0 saturated carbocycles. The molecule has 118 valence electrons. The second kappa shape index (κ2) is 8.40. The van der Waals surface area contributed by atoms with Crippen molar-refractivity contribution in [3.8, 4) is 5.75 Å². The largest absolute Gasteiger partial charge is 0.491 e. The Labute approximate surface area is 129 Å². The number of hydrogen-bond acceptors (Lipinski definition) is 3. The maximum Gasteiger partial charge on any atom is 0.124 e. The lowest BCUT2D eigenvalue weighted by Crippen LogP contribution is -2.43. The Bertz CT molecular complexity index is 413. The van der Waals surface area contributed by atoms with Gasteiger partial charge in [-0.25, -0.2) is 0 Å². The Morgan fingerprint density at radius 1 is 1.10 bits per heavy atom. The van der Waals surface area contributed by atoms with Crippen LogP contribution < -0.4 is 10.1 Å².